The van der Waals surface area contributed by atoms with Crippen molar-refractivity contribution in [3.05, 3.63) is 150 Å². The first-order valence-electron chi connectivity index (χ1n) is 18.3. The van der Waals surface area contributed by atoms with E-state index in [1.54, 1.807) is 0 Å². The molecule has 0 saturated carbocycles. The molecule has 0 atom stereocenters. The van der Waals surface area contributed by atoms with E-state index in [0.29, 0.717) is 0 Å². The third-order valence-electron chi connectivity index (χ3n) is 11.1. The first-order valence-corrected chi connectivity index (χ1v) is 20.3. The number of H-pyrrole nitrogens is 1. The molecule has 0 radical (unpaired) electrons. The van der Waals surface area contributed by atoms with Crippen LogP contribution in [-0.4, -0.2) is 27.8 Å². The highest BCUT2D eigenvalue weighted by atomic mass is 28.3. The van der Waals surface area contributed by atoms with Crippen LogP contribution in [0.2, 0.25) is 0 Å². The Hall–Kier alpha value is -5.52. The predicted molar refractivity (Wildman–Crippen MR) is 221 cm³/mol. The van der Waals surface area contributed by atoms with E-state index in [1.807, 2.05) is 19.2 Å². The SMILES string of the molecule is Cc1cc(-c2cccc(-n3c4ccccc4c4ccc([Si]5(c6ccccn6)c6ccc(C(C)(C)C)cc6-c6cc(C(C)(C)C)ccc65)cc43)c2)n[nH]1. The van der Waals surface area contributed by atoms with Gasteiger partial charge in [-0.05, 0) is 98.0 Å². The van der Waals surface area contributed by atoms with Crippen molar-refractivity contribution < 1.29 is 0 Å². The van der Waals surface area contributed by atoms with E-state index in [1.165, 1.54) is 64.9 Å². The van der Waals surface area contributed by atoms with Crippen LogP contribution in [0, 0.1) is 6.92 Å². The molecule has 0 fully saturated rings. The number of nitrogens with zero attached hydrogens (tertiary/aromatic N) is 3. The zero-order valence-corrected chi connectivity index (χ0v) is 32.0. The van der Waals surface area contributed by atoms with Crippen molar-refractivity contribution in [2.24, 2.45) is 0 Å². The molecule has 5 aromatic carbocycles. The van der Waals surface area contributed by atoms with Gasteiger partial charge in [0.25, 0.3) is 0 Å². The Balaban J connectivity index is 1.38. The number of fused-ring (bicyclic) bond motifs is 6. The van der Waals surface area contributed by atoms with Crippen LogP contribution in [0.5, 0.6) is 0 Å². The largest absolute Gasteiger partial charge is 0.309 e. The van der Waals surface area contributed by atoms with Crippen LogP contribution in [0.15, 0.2) is 134 Å². The lowest BCUT2D eigenvalue weighted by Gasteiger charge is -2.31. The normalized spacial score (nSPS) is 13.8. The topological polar surface area (TPSA) is 46.5 Å². The molecule has 3 aromatic heterocycles. The lowest BCUT2D eigenvalue weighted by molar-refractivity contribution is 0.589. The molecule has 52 heavy (non-hydrogen) atoms. The highest BCUT2D eigenvalue weighted by Crippen LogP contribution is 2.37. The van der Waals surface area contributed by atoms with Gasteiger partial charge in [0, 0.05) is 39.2 Å². The maximum Gasteiger partial charge on any atom is 0.203 e. The summed E-state index contributed by atoms with van der Waals surface area (Å²) in [7, 11) is -2.88. The number of aryl methyl sites for hydroxylation is 1. The Morgan fingerprint density at radius 1 is 0.596 bits per heavy atom. The number of nitrogens with one attached hydrogen (secondary N) is 1. The van der Waals surface area contributed by atoms with Crippen molar-refractivity contribution >= 4 is 50.8 Å². The van der Waals surface area contributed by atoms with Crippen LogP contribution in [0.3, 0.4) is 0 Å². The second-order valence-corrected chi connectivity index (χ2v) is 20.2. The number of rotatable bonds is 4. The number of aromatic amines is 1. The minimum atomic E-state index is -2.88. The van der Waals surface area contributed by atoms with Gasteiger partial charge in [-0.2, -0.15) is 5.10 Å². The quantitative estimate of drug-likeness (QED) is 0.188. The molecule has 256 valence electrons. The minimum absolute atomic E-state index is 0.0254. The fourth-order valence-electron chi connectivity index (χ4n) is 8.44. The van der Waals surface area contributed by atoms with Crippen LogP contribution in [0.4, 0.5) is 0 Å². The monoisotopic (exact) mass is 692 g/mol. The van der Waals surface area contributed by atoms with Crippen molar-refractivity contribution in [3.8, 4) is 28.1 Å². The molecule has 0 saturated heterocycles. The Bertz CT molecular complexity index is 2600. The maximum atomic E-state index is 5.25. The lowest BCUT2D eigenvalue weighted by Crippen LogP contribution is -2.73. The summed E-state index contributed by atoms with van der Waals surface area (Å²) < 4.78 is 2.44. The van der Waals surface area contributed by atoms with Crippen LogP contribution < -0.4 is 20.9 Å². The van der Waals surface area contributed by atoms with Gasteiger partial charge in [-0.15, -0.1) is 0 Å². The first kappa shape index (κ1) is 32.4. The van der Waals surface area contributed by atoms with Crippen LogP contribution in [-0.2, 0) is 10.8 Å². The summed E-state index contributed by atoms with van der Waals surface area (Å²) in [5.41, 5.74) is 12.1. The number of hydrogen-bond donors (Lipinski definition) is 1. The molecule has 5 heteroatoms. The predicted octanol–water partition coefficient (Wildman–Crippen LogP) is 8.83. The summed E-state index contributed by atoms with van der Waals surface area (Å²) in [6, 6.07) is 48.0. The Labute approximate surface area is 307 Å². The highest BCUT2D eigenvalue weighted by molar-refractivity contribution is 7.21. The molecule has 0 aliphatic carbocycles. The van der Waals surface area contributed by atoms with Gasteiger partial charge in [0.1, 0.15) is 0 Å². The molecular weight excluding hydrogens is 649 g/mol. The molecule has 0 spiro atoms. The average molecular weight is 693 g/mol. The van der Waals surface area contributed by atoms with Crippen molar-refractivity contribution in [2.75, 3.05) is 0 Å². The van der Waals surface area contributed by atoms with E-state index < -0.39 is 8.07 Å². The average Bonchev–Trinajstić information content (AvgIpc) is 3.81. The molecule has 0 unspecified atom stereocenters. The van der Waals surface area contributed by atoms with Gasteiger partial charge < -0.3 is 4.57 Å². The van der Waals surface area contributed by atoms with Gasteiger partial charge >= 0.3 is 0 Å². The summed E-state index contributed by atoms with van der Waals surface area (Å²) >= 11 is 0. The Morgan fingerprint density at radius 2 is 1.27 bits per heavy atom. The van der Waals surface area contributed by atoms with E-state index >= 15 is 0 Å². The number of benzene rings is 5. The highest BCUT2D eigenvalue weighted by Gasteiger charge is 2.50. The summed E-state index contributed by atoms with van der Waals surface area (Å²) in [6.07, 6.45) is 1.98. The fraction of sp³-hybridized carbons (Fsp3) is 0.191. The fourth-order valence-corrected chi connectivity index (χ4v) is 13.4. The zero-order valence-electron chi connectivity index (χ0n) is 31.0. The first-order chi connectivity index (χ1) is 24.9. The molecular formula is C47H44N4Si. The summed E-state index contributed by atoms with van der Waals surface area (Å²) in [4.78, 5) is 5.25. The molecule has 1 aliphatic heterocycles. The molecule has 0 amide bonds. The standard InChI is InChI=1S/C47H44N4Si/c1-30-25-40(50-49-30)31-13-12-14-34(26-31)51-41-16-9-8-15-36(41)37-21-20-35(29-42(37)51)52(45-17-10-11-24-48-45)43-22-18-32(46(2,3)4)27-38(43)39-28-33(47(5,6)7)19-23-44(39)52/h8-29H,1-7H3,(H,49,50). The Morgan fingerprint density at radius 3 is 1.90 bits per heavy atom. The van der Waals surface area contributed by atoms with Crippen molar-refractivity contribution in [2.45, 2.75) is 59.3 Å². The number of para-hydroxylation sites is 1. The molecule has 4 nitrogen and oxygen atoms in total. The lowest BCUT2D eigenvalue weighted by atomic mass is 9.83. The molecule has 0 bridgehead atoms. The molecule has 1 N–H and O–H groups in total. The van der Waals surface area contributed by atoms with E-state index in [4.69, 9.17) is 4.98 Å². The van der Waals surface area contributed by atoms with Gasteiger partial charge in [-0.3, -0.25) is 10.1 Å². The van der Waals surface area contributed by atoms with Crippen molar-refractivity contribution in [1.82, 2.24) is 19.7 Å². The van der Waals surface area contributed by atoms with Gasteiger partial charge in [-0.25, -0.2) is 0 Å². The molecule has 1 aliphatic rings. The number of hydrogen-bond acceptors (Lipinski definition) is 2. The second kappa shape index (κ2) is 11.5. The molecule has 9 rings (SSSR count). The van der Waals surface area contributed by atoms with E-state index in [9.17, 15) is 0 Å². The summed E-state index contributed by atoms with van der Waals surface area (Å²) in [5, 5.41) is 15.5. The van der Waals surface area contributed by atoms with Crippen LogP contribution in [0.25, 0.3) is 49.9 Å². The van der Waals surface area contributed by atoms with E-state index in [0.717, 1.165) is 22.6 Å². The molecule has 4 heterocycles. The van der Waals surface area contributed by atoms with Gasteiger partial charge in [0.15, 0.2) is 0 Å². The number of pyridine rings is 1. The second-order valence-electron chi connectivity index (χ2n) is 16.6. The third-order valence-corrected chi connectivity index (χ3v) is 15.9. The smallest absolute Gasteiger partial charge is 0.203 e. The zero-order chi connectivity index (χ0) is 36.0. The van der Waals surface area contributed by atoms with Gasteiger partial charge in [0.2, 0.25) is 8.07 Å². The summed E-state index contributed by atoms with van der Waals surface area (Å²) in [5.74, 6) is 0. The Kier molecular flexibility index (Phi) is 7.16. The van der Waals surface area contributed by atoms with Gasteiger partial charge in [-0.1, -0.05) is 126 Å². The van der Waals surface area contributed by atoms with Crippen LogP contribution in [0.1, 0.15) is 58.4 Å². The maximum absolute atomic E-state index is 5.25. The van der Waals surface area contributed by atoms with Crippen LogP contribution >= 0.6 is 0 Å². The van der Waals surface area contributed by atoms with Crippen molar-refractivity contribution in [3.63, 3.8) is 0 Å². The van der Waals surface area contributed by atoms with Gasteiger partial charge in [0.05, 0.1) is 16.7 Å². The number of aromatic nitrogens is 4. The third kappa shape index (κ3) is 4.86. The molecule has 8 aromatic rings. The summed E-state index contributed by atoms with van der Waals surface area (Å²) in [6.45, 7) is 15.9. The minimum Gasteiger partial charge on any atom is -0.309 e. The van der Waals surface area contributed by atoms with E-state index in [-0.39, 0.29) is 10.8 Å². The van der Waals surface area contributed by atoms with Crippen molar-refractivity contribution in [1.29, 1.82) is 0 Å². The van der Waals surface area contributed by atoms with E-state index in [2.05, 4.69) is 178 Å².